The minimum absolute atomic E-state index is 0. The van der Waals surface area contributed by atoms with E-state index in [2.05, 4.69) is 47.7 Å². The summed E-state index contributed by atoms with van der Waals surface area (Å²) in [4.78, 5) is 5.15. The van der Waals surface area contributed by atoms with E-state index in [0.717, 1.165) is 31.1 Å². The largest absolute Gasteiger partial charge is 0.386 e. The molecule has 1 heterocycles. The molecule has 146 valence electrons. The van der Waals surface area contributed by atoms with Gasteiger partial charge in [-0.3, -0.25) is 4.99 Å². The van der Waals surface area contributed by atoms with Crippen LogP contribution in [0.3, 0.4) is 0 Å². The normalized spacial score (nSPS) is 12.9. The topological polar surface area (TPSA) is 65.9 Å². The van der Waals surface area contributed by atoms with Crippen molar-refractivity contribution < 1.29 is 9.84 Å². The maximum Gasteiger partial charge on any atom is 0.191 e. The first-order chi connectivity index (χ1) is 12.1. The molecular weight excluding hydrogens is 461 g/mol. The molecule has 0 saturated carbocycles. The van der Waals surface area contributed by atoms with Gasteiger partial charge in [0.05, 0.1) is 0 Å². The number of nitrogens with one attached hydrogen (secondary N) is 2. The number of aliphatic hydroxyl groups excluding tert-OH is 1. The monoisotopic (exact) mass is 491 g/mol. The van der Waals surface area contributed by atoms with Crippen LogP contribution in [0, 0.1) is 5.92 Å². The van der Waals surface area contributed by atoms with E-state index in [-0.39, 0.29) is 24.0 Å². The van der Waals surface area contributed by atoms with Crippen molar-refractivity contribution in [1.29, 1.82) is 0 Å². The molecule has 3 N–H and O–H groups in total. The lowest BCUT2D eigenvalue weighted by atomic mass is 10.2. The number of ether oxygens (including phenoxy) is 1. The standard InChI is InChI=1S/C19H29N3O2S.HI/c1-14(2)13-24-10-6-9-21-19(20-3)22-12-16(23)18-11-15-7-4-5-8-17(15)25-18;/h4-5,7-8,11,14,16,23H,6,9-10,12-13H2,1-3H3,(H2,20,21,22);1H. The Labute approximate surface area is 177 Å². The van der Waals surface area contributed by atoms with Crippen LogP contribution in [0.1, 0.15) is 31.2 Å². The molecule has 0 aliphatic carbocycles. The molecule has 1 unspecified atom stereocenters. The number of benzene rings is 1. The van der Waals surface area contributed by atoms with Gasteiger partial charge in [0.1, 0.15) is 6.10 Å². The zero-order valence-electron chi connectivity index (χ0n) is 15.7. The van der Waals surface area contributed by atoms with Gasteiger partial charge in [-0.25, -0.2) is 0 Å². The van der Waals surface area contributed by atoms with E-state index in [0.29, 0.717) is 18.4 Å². The van der Waals surface area contributed by atoms with Gasteiger partial charge < -0.3 is 20.5 Å². The first kappa shape index (κ1) is 23.1. The highest BCUT2D eigenvalue weighted by atomic mass is 127. The number of nitrogens with zero attached hydrogens (tertiary/aromatic N) is 1. The number of rotatable bonds is 9. The van der Waals surface area contributed by atoms with Crippen molar-refractivity contribution in [2.75, 3.05) is 33.4 Å². The lowest BCUT2D eigenvalue weighted by molar-refractivity contribution is 0.108. The Balaban J connectivity index is 0.00000338. The highest BCUT2D eigenvalue weighted by molar-refractivity contribution is 14.0. The Hall–Kier alpha value is -0.900. The maximum atomic E-state index is 10.4. The van der Waals surface area contributed by atoms with Crippen molar-refractivity contribution in [2.24, 2.45) is 10.9 Å². The summed E-state index contributed by atoms with van der Waals surface area (Å²) in [5, 5.41) is 18.0. The third-order valence-corrected chi connectivity index (χ3v) is 4.89. The molecule has 5 nitrogen and oxygen atoms in total. The Morgan fingerprint density at radius 3 is 2.73 bits per heavy atom. The molecule has 0 spiro atoms. The molecule has 0 amide bonds. The summed E-state index contributed by atoms with van der Waals surface area (Å²) < 4.78 is 6.75. The van der Waals surface area contributed by atoms with Crippen molar-refractivity contribution in [3.8, 4) is 0 Å². The second-order valence-corrected chi connectivity index (χ2v) is 7.52. The van der Waals surface area contributed by atoms with E-state index in [1.165, 1.54) is 10.1 Å². The number of fused-ring (bicyclic) bond motifs is 1. The van der Waals surface area contributed by atoms with Crippen LogP contribution in [0.5, 0.6) is 0 Å². The molecule has 1 aromatic heterocycles. The number of aliphatic imine (C=N–C) groups is 1. The van der Waals surface area contributed by atoms with Crippen LogP contribution in [-0.4, -0.2) is 44.4 Å². The molecule has 0 saturated heterocycles. The molecule has 0 fully saturated rings. The van der Waals surface area contributed by atoms with Gasteiger partial charge in [0.2, 0.25) is 0 Å². The van der Waals surface area contributed by atoms with Gasteiger partial charge in [0, 0.05) is 42.9 Å². The van der Waals surface area contributed by atoms with Crippen molar-refractivity contribution in [3.63, 3.8) is 0 Å². The van der Waals surface area contributed by atoms with Crippen LogP contribution >= 0.6 is 35.3 Å². The van der Waals surface area contributed by atoms with Crippen molar-refractivity contribution in [1.82, 2.24) is 10.6 Å². The molecule has 0 aliphatic heterocycles. The third kappa shape index (κ3) is 7.77. The summed E-state index contributed by atoms with van der Waals surface area (Å²) in [7, 11) is 1.73. The zero-order valence-corrected chi connectivity index (χ0v) is 18.8. The molecule has 0 aliphatic rings. The Morgan fingerprint density at radius 1 is 1.27 bits per heavy atom. The highest BCUT2D eigenvalue weighted by Gasteiger charge is 2.12. The molecule has 26 heavy (non-hydrogen) atoms. The Kier molecular flexibility index (Phi) is 11.1. The van der Waals surface area contributed by atoms with Gasteiger partial charge in [-0.2, -0.15) is 0 Å². The van der Waals surface area contributed by atoms with Crippen LogP contribution < -0.4 is 10.6 Å². The van der Waals surface area contributed by atoms with E-state index in [1.807, 2.05) is 12.1 Å². The Bertz CT molecular complexity index is 643. The number of thiophene rings is 1. The average molecular weight is 491 g/mol. The van der Waals surface area contributed by atoms with Gasteiger partial charge >= 0.3 is 0 Å². The van der Waals surface area contributed by atoms with Crippen LogP contribution in [0.25, 0.3) is 10.1 Å². The predicted molar refractivity (Wildman–Crippen MR) is 122 cm³/mol. The van der Waals surface area contributed by atoms with Gasteiger partial charge in [-0.05, 0) is 29.9 Å². The van der Waals surface area contributed by atoms with E-state index >= 15 is 0 Å². The summed E-state index contributed by atoms with van der Waals surface area (Å²) in [5.41, 5.74) is 0. The van der Waals surface area contributed by atoms with Gasteiger partial charge in [0.15, 0.2) is 5.96 Å². The smallest absolute Gasteiger partial charge is 0.191 e. The molecule has 0 bridgehead atoms. The fourth-order valence-corrected chi connectivity index (χ4v) is 3.43. The molecule has 1 atom stereocenters. The fraction of sp³-hybridized carbons (Fsp3) is 0.526. The van der Waals surface area contributed by atoms with Gasteiger partial charge in [-0.15, -0.1) is 35.3 Å². The summed E-state index contributed by atoms with van der Waals surface area (Å²) in [5.74, 6) is 1.27. The van der Waals surface area contributed by atoms with Crippen molar-refractivity contribution in [2.45, 2.75) is 26.4 Å². The SMILES string of the molecule is CN=C(NCCCOCC(C)C)NCC(O)c1cc2ccccc2s1.I. The molecule has 0 radical (unpaired) electrons. The highest BCUT2D eigenvalue weighted by Crippen LogP contribution is 2.29. The summed E-state index contributed by atoms with van der Waals surface area (Å²) in [6.07, 6.45) is 0.372. The summed E-state index contributed by atoms with van der Waals surface area (Å²) in [6.45, 7) is 7.05. The van der Waals surface area contributed by atoms with Gasteiger partial charge in [-0.1, -0.05) is 32.0 Å². The molecule has 7 heteroatoms. The predicted octanol–water partition coefficient (Wildman–Crippen LogP) is 3.78. The lowest BCUT2D eigenvalue weighted by Gasteiger charge is -2.14. The van der Waals surface area contributed by atoms with Crippen LogP contribution in [0.4, 0.5) is 0 Å². The maximum absolute atomic E-state index is 10.4. The van der Waals surface area contributed by atoms with E-state index in [1.54, 1.807) is 18.4 Å². The van der Waals surface area contributed by atoms with E-state index in [9.17, 15) is 5.11 Å². The average Bonchev–Trinajstić information content (AvgIpc) is 3.04. The number of hydrogen-bond donors (Lipinski definition) is 3. The first-order valence-electron chi connectivity index (χ1n) is 8.79. The summed E-state index contributed by atoms with van der Waals surface area (Å²) in [6, 6.07) is 10.2. The Morgan fingerprint density at radius 2 is 2.04 bits per heavy atom. The van der Waals surface area contributed by atoms with Crippen LogP contribution in [-0.2, 0) is 4.74 Å². The van der Waals surface area contributed by atoms with Crippen molar-refractivity contribution >= 4 is 51.4 Å². The number of aliphatic hydroxyl groups is 1. The number of hydrogen-bond acceptors (Lipinski definition) is 4. The zero-order chi connectivity index (χ0) is 18.1. The lowest BCUT2D eigenvalue weighted by Crippen LogP contribution is -2.39. The fourth-order valence-electron chi connectivity index (χ4n) is 2.38. The quantitative estimate of drug-likeness (QED) is 0.216. The number of guanidine groups is 1. The van der Waals surface area contributed by atoms with E-state index < -0.39 is 6.10 Å². The minimum atomic E-state index is -0.551. The molecular formula is C19H30IN3O2S. The van der Waals surface area contributed by atoms with E-state index in [4.69, 9.17) is 4.74 Å². The van der Waals surface area contributed by atoms with Crippen molar-refractivity contribution in [3.05, 3.63) is 35.2 Å². The molecule has 2 rings (SSSR count). The second kappa shape index (κ2) is 12.5. The van der Waals surface area contributed by atoms with Crippen LogP contribution in [0.15, 0.2) is 35.3 Å². The first-order valence-corrected chi connectivity index (χ1v) is 9.60. The molecule has 2 aromatic rings. The molecule has 1 aromatic carbocycles. The third-order valence-electron chi connectivity index (χ3n) is 3.67. The number of halogens is 1. The van der Waals surface area contributed by atoms with Crippen LogP contribution in [0.2, 0.25) is 0 Å². The van der Waals surface area contributed by atoms with Gasteiger partial charge in [0.25, 0.3) is 0 Å². The second-order valence-electron chi connectivity index (χ2n) is 6.40. The minimum Gasteiger partial charge on any atom is -0.386 e. The summed E-state index contributed by atoms with van der Waals surface area (Å²) >= 11 is 1.63.